The molecule has 5 N–H and O–H groups in total. The van der Waals surface area contributed by atoms with Crippen LogP contribution in [0.1, 0.15) is 123 Å². The van der Waals surface area contributed by atoms with E-state index in [4.69, 9.17) is 9.05 Å². The van der Waals surface area contributed by atoms with Gasteiger partial charge in [-0.05, 0) is 51.4 Å². The first-order valence-electron chi connectivity index (χ1n) is 20.0. The minimum Gasteiger partial charge on any atom is -0.389 e. The van der Waals surface area contributed by atoms with E-state index in [1.54, 1.807) is 24.3 Å². The predicted molar refractivity (Wildman–Crippen MR) is 219 cm³/mol. The molecular formula is C42H76N2O8P+. The lowest BCUT2D eigenvalue weighted by Gasteiger charge is -2.25. The Kier molecular flexibility index (Phi) is 31.9. The Balaban J connectivity index is 4.83. The molecule has 10 nitrogen and oxygen atoms in total. The van der Waals surface area contributed by atoms with Crippen LogP contribution in [0.15, 0.2) is 72.9 Å². The Morgan fingerprint density at radius 1 is 0.698 bits per heavy atom. The average molecular weight is 768 g/mol. The van der Waals surface area contributed by atoms with Crippen molar-refractivity contribution in [2.75, 3.05) is 40.9 Å². The molecule has 53 heavy (non-hydrogen) atoms. The van der Waals surface area contributed by atoms with Crippen LogP contribution in [0.4, 0.5) is 0 Å². The molecule has 1 amide bonds. The zero-order valence-corrected chi connectivity index (χ0v) is 34.6. The van der Waals surface area contributed by atoms with Crippen molar-refractivity contribution in [2.24, 2.45) is 0 Å². The molecule has 5 atom stereocenters. The van der Waals surface area contributed by atoms with Gasteiger partial charge >= 0.3 is 7.82 Å². The number of likely N-dealkylation sites (N-methyl/N-ethyl adjacent to an activating group) is 1. The fraction of sp³-hybridized carbons (Fsp3) is 0.690. The third-order valence-corrected chi connectivity index (χ3v) is 9.34. The number of aliphatic hydroxyl groups is 3. The highest BCUT2D eigenvalue weighted by Crippen LogP contribution is 2.43. The summed E-state index contributed by atoms with van der Waals surface area (Å²) in [7, 11) is 1.39. The Hall–Kier alpha value is -2.14. The molecule has 0 fully saturated rings. The summed E-state index contributed by atoms with van der Waals surface area (Å²) < 4.78 is 23.3. The lowest BCUT2D eigenvalue weighted by atomic mass is 10.1. The van der Waals surface area contributed by atoms with Crippen LogP contribution in [-0.4, -0.2) is 95.9 Å². The molecule has 0 aromatic heterocycles. The van der Waals surface area contributed by atoms with Gasteiger partial charge in [0.25, 0.3) is 0 Å². The van der Waals surface area contributed by atoms with Gasteiger partial charge in [0.15, 0.2) is 0 Å². The molecule has 0 aliphatic carbocycles. The summed E-state index contributed by atoms with van der Waals surface area (Å²) in [6.45, 7) is 4.44. The largest absolute Gasteiger partial charge is 0.472 e. The number of hydrogen-bond acceptors (Lipinski definition) is 7. The van der Waals surface area contributed by atoms with E-state index in [9.17, 15) is 29.6 Å². The van der Waals surface area contributed by atoms with E-state index in [1.807, 2.05) is 57.6 Å². The van der Waals surface area contributed by atoms with Crippen LogP contribution in [0, 0.1) is 0 Å². The molecule has 0 spiro atoms. The summed E-state index contributed by atoms with van der Waals surface area (Å²) in [6.07, 6.45) is 36.1. The van der Waals surface area contributed by atoms with Crippen molar-refractivity contribution in [3.05, 3.63) is 72.9 Å². The van der Waals surface area contributed by atoms with E-state index in [0.717, 1.165) is 38.5 Å². The van der Waals surface area contributed by atoms with Crippen molar-refractivity contribution in [1.29, 1.82) is 0 Å². The zero-order valence-electron chi connectivity index (χ0n) is 33.7. The lowest BCUT2D eigenvalue weighted by Crippen LogP contribution is -2.45. The smallest absolute Gasteiger partial charge is 0.389 e. The van der Waals surface area contributed by atoms with Gasteiger partial charge in [-0.15, -0.1) is 0 Å². The van der Waals surface area contributed by atoms with Crippen molar-refractivity contribution in [2.45, 2.75) is 147 Å². The van der Waals surface area contributed by atoms with Gasteiger partial charge in [0.05, 0.1) is 52.1 Å². The number of phosphoric acid groups is 1. The number of nitrogens with zero attached hydrogens (tertiary/aromatic N) is 1. The SMILES string of the molecule is CCCCCCCC/C=C\CC/C=C/[C@@H](O)[C@H](COP(=O)(O)OCC[N+](C)(C)C)NC(=O)CCC[C@H](O)/C=C/C=C\C/C=C\C=C\[C@H](O)CCCCC. The third-order valence-electron chi connectivity index (χ3n) is 8.36. The summed E-state index contributed by atoms with van der Waals surface area (Å²) in [5.74, 6) is -0.368. The molecule has 0 heterocycles. The normalized spacial score (nSPS) is 16.5. The highest BCUT2D eigenvalue weighted by molar-refractivity contribution is 7.47. The summed E-state index contributed by atoms with van der Waals surface area (Å²) in [4.78, 5) is 23.0. The maximum Gasteiger partial charge on any atom is 0.472 e. The van der Waals surface area contributed by atoms with E-state index in [-0.39, 0.29) is 18.9 Å². The minimum atomic E-state index is -4.41. The number of amides is 1. The van der Waals surface area contributed by atoms with Crippen LogP contribution in [0.2, 0.25) is 0 Å². The Bertz CT molecular complexity index is 1130. The number of aliphatic hydroxyl groups excluding tert-OH is 3. The molecule has 0 aliphatic rings. The van der Waals surface area contributed by atoms with Gasteiger partial charge in [-0.2, -0.15) is 0 Å². The van der Waals surface area contributed by atoms with Crippen molar-refractivity contribution in [1.82, 2.24) is 5.32 Å². The molecule has 0 rings (SSSR count). The molecule has 0 radical (unpaired) electrons. The van der Waals surface area contributed by atoms with Gasteiger partial charge in [0.1, 0.15) is 13.2 Å². The van der Waals surface area contributed by atoms with E-state index in [2.05, 4.69) is 31.3 Å². The number of phosphoric ester groups is 1. The molecule has 0 aromatic carbocycles. The number of hydrogen-bond donors (Lipinski definition) is 5. The second kappa shape index (κ2) is 33.2. The van der Waals surface area contributed by atoms with Gasteiger partial charge < -0.3 is 30.0 Å². The van der Waals surface area contributed by atoms with Gasteiger partial charge in [0.2, 0.25) is 5.91 Å². The third kappa shape index (κ3) is 35.3. The maximum absolute atomic E-state index is 12.8. The number of nitrogens with one attached hydrogen (secondary N) is 1. The molecule has 0 saturated heterocycles. The van der Waals surface area contributed by atoms with Crippen LogP contribution >= 0.6 is 7.82 Å². The second-order valence-corrected chi connectivity index (χ2v) is 16.1. The zero-order chi connectivity index (χ0) is 39.6. The van der Waals surface area contributed by atoms with Gasteiger partial charge in [-0.3, -0.25) is 13.8 Å². The lowest BCUT2D eigenvalue weighted by molar-refractivity contribution is -0.870. The predicted octanol–water partition coefficient (Wildman–Crippen LogP) is 8.40. The molecule has 0 bridgehead atoms. The number of carbonyl (C=O) groups excluding carboxylic acids is 1. The average Bonchev–Trinajstić information content (AvgIpc) is 3.09. The summed E-state index contributed by atoms with van der Waals surface area (Å²) in [5, 5.41) is 33.8. The summed E-state index contributed by atoms with van der Waals surface area (Å²) >= 11 is 0. The van der Waals surface area contributed by atoms with E-state index in [0.29, 0.717) is 36.7 Å². The van der Waals surface area contributed by atoms with E-state index in [1.165, 1.54) is 38.5 Å². The molecular weight excluding hydrogens is 691 g/mol. The fourth-order valence-corrected chi connectivity index (χ4v) is 5.77. The number of carbonyl (C=O) groups is 1. The van der Waals surface area contributed by atoms with Gasteiger partial charge in [-0.25, -0.2) is 4.57 Å². The van der Waals surface area contributed by atoms with Crippen LogP contribution in [-0.2, 0) is 18.4 Å². The molecule has 0 aliphatic heterocycles. The quantitative estimate of drug-likeness (QED) is 0.0144. The van der Waals surface area contributed by atoms with Crippen LogP contribution in [0.3, 0.4) is 0 Å². The van der Waals surface area contributed by atoms with Crippen molar-refractivity contribution < 1.29 is 43.1 Å². The second-order valence-electron chi connectivity index (χ2n) is 14.7. The van der Waals surface area contributed by atoms with Crippen molar-refractivity contribution >= 4 is 13.7 Å². The number of rotatable bonds is 34. The number of allylic oxidation sites excluding steroid dienone is 9. The molecule has 0 aromatic rings. The number of unbranched alkanes of at least 4 members (excludes halogenated alkanes) is 9. The van der Waals surface area contributed by atoms with Crippen LogP contribution < -0.4 is 5.32 Å². The van der Waals surface area contributed by atoms with Gasteiger partial charge in [0, 0.05) is 6.42 Å². The molecule has 0 saturated carbocycles. The standard InChI is InChI=1S/C42H75N2O8P/c1-6-8-10-11-12-13-14-15-16-20-23-27-33-41(47)40(37-52-53(49,50)51-36-35-44(3,4)5)43-42(48)34-28-32-39(46)31-26-22-19-17-18-21-25-30-38(45)29-24-9-7-2/h15-16,18-19,21-22,25-27,30-31,33,38-41,45-47H,6-14,17,20,23-24,28-29,32,34-37H2,1-5H3,(H-,43,48,49,50)/p+1/b16-15-,21-18-,22-19-,30-25+,31-26+,33-27+/t38-,39-,40+,41-/m1/s1. The Morgan fingerprint density at radius 2 is 1.26 bits per heavy atom. The highest BCUT2D eigenvalue weighted by Gasteiger charge is 2.27. The summed E-state index contributed by atoms with van der Waals surface area (Å²) in [5.41, 5.74) is 0. The minimum absolute atomic E-state index is 0.00935. The monoisotopic (exact) mass is 768 g/mol. The highest BCUT2D eigenvalue weighted by atomic mass is 31.2. The first-order valence-corrected chi connectivity index (χ1v) is 21.5. The fourth-order valence-electron chi connectivity index (χ4n) is 5.03. The summed E-state index contributed by atoms with van der Waals surface area (Å²) in [6, 6.07) is -0.972. The Morgan fingerprint density at radius 3 is 1.91 bits per heavy atom. The van der Waals surface area contributed by atoms with E-state index < -0.39 is 38.8 Å². The topological polar surface area (TPSA) is 146 Å². The van der Waals surface area contributed by atoms with Crippen LogP contribution in [0.25, 0.3) is 0 Å². The maximum atomic E-state index is 12.8. The first kappa shape index (κ1) is 50.9. The van der Waals surface area contributed by atoms with Crippen molar-refractivity contribution in [3.63, 3.8) is 0 Å². The van der Waals surface area contributed by atoms with Crippen LogP contribution in [0.5, 0.6) is 0 Å². The molecule has 1 unspecified atom stereocenters. The van der Waals surface area contributed by atoms with Crippen molar-refractivity contribution in [3.8, 4) is 0 Å². The molecule has 306 valence electrons. The number of quaternary nitrogens is 1. The molecule has 11 heteroatoms. The first-order chi connectivity index (χ1) is 25.3. The van der Waals surface area contributed by atoms with Gasteiger partial charge in [-0.1, -0.05) is 138 Å². The Labute approximate surface area is 322 Å². The van der Waals surface area contributed by atoms with E-state index >= 15 is 0 Å².